The molecule has 1 fully saturated rings. The van der Waals surface area contributed by atoms with Gasteiger partial charge in [0.2, 0.25) is 0 Å². The summed E-state index contributed by atoms with van der Waals surface area (Å²) in [4.78, 5) is 2.59. The number of nitrogens with zero attached hydrogens (tertiary/aromatic N) is 1. The van der Waals surface area contributed by atoms with Crippen molar-refractivity contribution in [2.45, 2.75) is 32.6 Å². The minimum atomic E-state index is 0.789. The lowest BCUT2D eigenvalue weighted by Crippen LogP contribution is -2.33. The van der Waals surface area contributed by atoms with Gasteiger partial charge >= 0.3 is 0 Å². The first-order valence-electron chi connectivity index (χ1n) is 7.77. The Kier molecular flexibility index (Phi) is 6.19. The maximum absolute atomic E-state index is 5.76. The summed E-state index contributed by atoms with van der Waals surface area (Å²) in [6.07, 6.45) is 5.06. The fourth-order valence-electron chi connectivity index (χ4n) is 2.60. The topological polar surface area (TPSA) is 21.7 Å². The van der Waals surface area contributed by atoms with Crippen molar-refractivity contribution in [2.24, 2.45) is 5.92 Å². The van der Waals surface area contributed by atoms with Gasteiger partial charge in [-0.3, -0.25) is 0 Å². The predicted octanol–water partition coefficient (Wildman–Crippen LogP) is 3.59. The smallest absolute Gasteiger partial charge is 0.122 e. The summed E-state index contributed by atoms with van der Waals surface area (Å²) in [7, 11) is 1.68. The van der Waals surface area contributed by atoms with Crippen molar-refractivity contribution in [3.05, 3.63) is 24.3 Å². The van der Waals surface area contributed by atoms with Gasteiger partial charge in [0.15, 0.2) is 0 Å². The number of benzene rings is 1. The second-order valence-electron chi connectivity index (χ2n) is 5.76. The molecule has 0 aromatic heterocycles. The average Bonchev–Trinajstić information content (AvgIpc) is 2.49. The average molecular weight is 277 g/mol. The number of piperidine rings is 1. The molecule has 0 bridgehead atoms. The van der Waals surface area contributed by atoms with Crippen LogP contribution in [-0.4, -0.2) is 38.3 Å². The zero-order chi connectivity index (χ0) is 14.2. The first-order chi connectivity index (χ1) is 9.78. The van der Waals surface area contributed by atoms with E-state index in [1.54, 1.807) is 7.11 Å². The normalized spacial score (nSPS) is 17.1. The molecule has 1 aromatic carbocycles. The molecule has 1 heterocycles. The van der Waals surface area contributed by atoms with E-state index in [0.29, 0.717) is 0 Å². The number of hydrogen-bond acceptors (Lipinski definition) is 3. The van der Waals surface area contributed by atoms with Gasteiger partial charge < -0.3 is 14.4 Å². The highest BCUT2D eigenvalue weighted by atomic mass is 16.5. The van der Waals surface area contributed by atoms with E-state index < -0.39 is 0 Å². The van der Waals surface area contributed by atoms with E-state index in [9.17, 15) is 0 Å². The van der Waals surface area contributed by atoms with Gasteiger partial charge in [-0.2, -0.15) is 0 Å². The molecule has 0 amide bonds. The highest BCUT2D eigenvalue weighted by Gasteiger charge is 2.14. The molecule has 0 unspecified atom stereocenters. The number of unbranched alkanes of at least 4 members (excludes halogenated alkanes) is 1. The van der Waals surface area contributed by atoms with Crippen molar-refractivity contribution in [1.29, 1.82) is 0 Å². The third-order valence-corrected chi connectivity index (χ3v) is 4.05. The van der Waals surface area contributed by atoms with Gasteiger partial charge in [-0.15, -0.1) is 0 Å². The van der Waals surface area contributed by atoms with E-state index in [2.05, 4.69) is 11.8 Å². The molecule has 2 rings (SSSR count). The molecular weight excluding hydrogens is 250 g/mol. The van der Waals surface area contributed by atoms with Gasteiger partial charge in [0.05, 0.1) is 13.7 Å². The summed E-state index contributed by atoms with van der Waals surface area (Å²) in [6.45, 7) is 6.92. The number of likely N-dealkylation sites (tertiary alicyclic amines) is 1. The molecule has 112 valence electrons. The Balaban J connectivity index is 1.57. The number of rotatable bonds is 7. The van der Waals surface area contributed by atoms with Crippen LogP contribution < -0.4 is 9.47 Å². The van der Waals surface area contributed by atoms with E-state index in [1.807, 2.05) is 24.3 Å². The highest BCUT2D eigenvalue weighted by Crippen LogP contribution is 2.19. The molecule has 3 heteroatoms. The predicted molar refractivity (Wildman–Crippen MR) is 82.6 cm³/mol. The van der Waals surface area contributed by atoms with Crippen molar-refractivity contribution in [2.75, 3.05) is 33.4 Å². The molecule has 3 nitrogen and oxygen atoms in total. The standard InChI is InChI=1S/C17H27NO2/c1-15-8-11-18(12-9-15)10-3-4-13-20-17-7-5-6-16(14-17)19-2/h5-7,14-15H,3-4,8-13H2,1-2H3. The van der Waals surface area contributed by atoms with Crippen molar-refractivity contribution in [3.8, 4) is 11.5 Å². The lowest BCUT2D eigenvalue weighted by molar-refractivity contribution is 0.185. The second-order valence-corrected chi connectivity index (χ2v) is 5.76. The molecule has 1 saturated heterocycles. The Morgan fingerprint density at radius 2 is 1.90 bits per heavy atom. The zero-order valence-corrected chi connectivity index (χ0v) is 12.8. The van der Waals surface area contributed by atoms with Crippen molar-refractivity contribution >= 4 is 0 Å². The quantitative estimate of drug-likeness (QED) is 0.711. The molecule has 0 spiro atoms. The molecule has 0 saturated carbocycles. The van der Waals surface area contributed by atoms with Crippen molar-refractivity contribution < 1.29 is 9.47 Å². The molecule has 0 atom stereocenters. The maximum Gasteiger partial charge on any atom is 0.122 e. The van der Waals surface area contributed by atoms with Crippen LogP contribution in [0.15, 0.2) is 24.3 Å². The lowest BCUT2D eigenvalue weighted by Gasteiger charge is -2.30. The van der Waals surface area contributed by atoms with Gasteiger partial charge in [0.25, 0.3) is 0 Å². The van der Waals surface area contributed by atoms with Crippen LogP contribution in [0.1, 0.15) is 32.6 Å². The molecule has 1 aromatic rings. The van der Waals surface area contributed by atoms with Crippen LogP contribution in [0.3, 0.4) is 0 Å². The summed E-state index contributed by atoms with van der Waals surface area (Å²) in [5.41, 5.74) is 0. The van der Waals surface area contributed by atoms with Gasteiger partial charge in [0.1, 0.15) is 11.5 Å². The lowest BCUT2D eigenvalue weighted by atomic mass is 9.99. The summed E-state index contributed by atoms with van der Waals surface area (Å²) in [6, 6.07) is 7.81. The summed E-state index contributed by atoms with van der Waals surface area (Å²) in [5.74, 6) is 2.67. The zero-order valence-electron chi connectivity index (χ0n) is 12.8. The summed E-state index contributed by atoms with van der Waals surface area (Å²) < 4.78 is 10.9. The van der Waals surface area contributed by atoms with Crippen molar-refractivity contribution in [3.63, 3.8) is 0 Å². The Morgan fingerprint density at radius 3 is 2.65 bits per heavy atom. The SMILES string of the molecule is COc1cccc(OCCCCN2CCC(C)CC2)c1. The van der Waals surface area contributed by atoms with E-state index >= 15 is 0 Å². The van der Waals surface area contributed by atoms with Crippen LogP contribution in [-0.2, 0) is 0 Å². The fraction of sp³-hybridized carbons (Fsp3) is 0.647. The molecule has 1 aliphatic rings. The molecule has 20 heavy (non-hydrogen) atoms. The fourth-order valence-corrected chi connectivity index (χ4v) is 2.60. The molecule has 0 radical (unpaired) electrons. The van der Waals surface area contributed by atoms with E-state index in [1.165, 1.54) is 38.9 Å². The molecule has 0 N–H and O–H groups in total. The van der Waals surface area contributed by atoms with E-state index in [-0.39, 0.29) is 0 Å². The van der Waals surface area contributed by atoms with Gasteiger partial charge in [-0.05, 0) is 63.4 Å². The minimum Gasteiger partial charge on any atom is -0.497 e. The van der Waals surface area contributed by atoms with Gasteiger partial charge in [-0.1, -0.05) is 13.0 Å². The first kappa shape index (κ1) is 15.2. The van der Waals surface area contributed by atoms with Crippen LogP contribution in [0.2, 0.25) is 0 Å². The number of methoxy groups -OCH3 is 1. The highest BCUT2D eigenvalue weighted by molar-refractivity contribution is 5.32. The van der Waals surface area contributed by atoms with Crippen LogP contribution in [0.5, 0.6) is 11.5 Å². The van der Waals surface area contributed by atoms with Crippen LogP contribution in [0, 0.1) is 5.92 Å². The van der Waals surface area contributed by atoms with Crippen molar-refractivity contribution in [1.82, 2.24) is 4.90 Å². The van der Waals surface area contributed by atoms with Crippen LogP contribution in [0.25, 0.3) is 0 Å². The Morgan fingerprint density at radius 1 is 1.15 bits per heavy atom. The number of ether oxygens (including phenoxy) is 2. The monoisotopic (exact) mass is 277 g/mol. The third kappa shape index (κ3) is 5.04. The van der Waals surface area contributed by atoms with Gasteiger partial charge in [-0.25, -0.2) is 0 Å². The Labute approximate surface area is 122 Å². The second kappa shape index (κ2) is 8.15. The molecule has 0 aliphatic carbocycles. The maximum atomic E-state index is 5.76. The van der Waals surface area contributed by atoms with E-state index in [0.717, 1.165) is 30.4 Å². The minimum absolute atomic E-state index is 0.789. The largest absolute Gasteiger partial charge is 0.497 e. The first-order valence-corrected chi connectivity index (χ1v) is 7.77. The Bertz CT molecular complexity index is 386. The van der Waals surface area contributed by atoms with Gasteiger partial charge in [0, 0.05) is 6.07 Å². The molecular formula is C17H27NO2. The summed E-state index contributed by atoms with van der Waals surface area (Å²) in [5, 5.41) is 0. The molecule has 1 aliphatic heterocycles. The van der Waals surface area contributed by atoms with Crippen LogP contribution in [0.4, 0.5) is 0 Å². The summed E-state index contributed by atoms with van der Waals surface area (Å²) >= 11 is 0. The van der Waals surface area contributed by atoms with E-state index in [4.69, 9.17) is 9.47 Å². The Hall–Kier alpha value is -1.22. The number of hydrogen-bond donors (Lipinski definition) is 0. The van der Waals surface area contributed by atoms with Crippen LogP contribution >= 0.6 is 0 Å². The third-order valence-electron chi connectivity index (χ3n) is 4.05.